The molecular weight excluding hydrogens is 462 g/mol. The lowest BCUT2D eigenvalue weighted by Crippen LogP contribution is -2.37. The Kier molecular flexibility index (Phi) is 7.33. The molecule has 3 aromatic carbocycles. The van der Waals surface area contributed by atoms with Crippen molar-refractivity contribution in [2.45, 2.75) is 18.4 Å². The number of anilines is 1. The molecule has 0 aromatic heterocycles. The summed E-state index contributed by atoms with van der Waals surface area (Å²) in [4.78, 5) is 12.7. The lowest BCUT2D eigenvalue weighted by atomic mass is 10.2. The quantitative estimate of drug-likeness (QED) is 0.500. The van der Waals surface area contributed by atoms with Crippen LogP contribution in [0.2, 0.25) is 10.0 Å². The van der Waals surface area contributed by atoms with E-state index < -0.39 is 28.3 Å². The topological polar surface area (TPSA) is 66.5 Å². The highest BCUT2D eigenvalue weighted by Gasteiger charge is 2.27. The van der Waals surface area contributed by atoms with Crippen molar-refractivity contribution in [3.05, 3.63) is 93.7 Å². The number of rotatable bonds is 7. The van der Waals surface area contributed by atoms with E-state index in [0.717, 1.165) is 4.31 Å². The molecule has 0 fully saturated rings. The number of nitrogens with zero attached hydrogens (tertiary/aromatic N) is 1. The Labute approximate surface area is 190 Å². The summed E-state index contributed by atoms with van der Waals surface area (Å²) in [7, 11) is -4.06. The van der Waals surface area contributed by atoms with Gasteiger partial charge in [-0.15, -0.1) is 0 Å². The summed E-state index contributed by atoms with van der Waals surface area (Å²) in [6.45, 7) is 1.09. The van der Waals surface area contributed by atoms with Crippen LogP contribution in [-0.4, -0.2) is 25.2 Å². The van der Waals surface area contributed by atoms with E-state index in [2.05, 4.69) is 5.32 Å². The van der Waals surface area contributed by atoms with Crippen LogP contribution in [0.25, 0.3) is 0 Å². The van der Waals surface area contributed by atoms with Gasteiger partial charge in [-0.1, -0.05) is 47.5 Å². The van der Waals surface area contributed by atoms with Crippen molar-refractivity contribution in [2.24, 2.45) is 0 Å². The molecule has 0 aliphatic carbocycles. The van der Waals surface area contributed by atoms with E-state index in [9.17, 15) is 17.6 Å². The molecule has 0 bridgehead atoms. The van der Waals surface area contributed by atoms with Crippen molar-refractivity contribution >= 4 is 44.8 Å². The van der Waals surface area contributed by atoms with E-state index in [1.54, 1.807) is 31.2 Å². The highest BCUT2D eigenvalue weighted by atomic mass is 35.5. The van der Waals surface area contributed by atoms with Crippen LogP contribution in [0, 0.1) is 12.7 Å². The first-order valence-electron chi connectivity index (χ1n) is 9.22. The third kappa shape index (κ3) is 5.83. The third-order valence-corrected chi connectivity index (χ3v) is 6.98. The summed E-state index contributed by atoms with van der Waals surface area (Å²) < 4.78 is 41.1. The number of nitrogens with one attached hydrogen (secondary N) is 1. The van der Waals surface area contributed by atoms with Crippen LogP contribution in [0.1, 0.15) is 11.1 Å². The van der Waals surface area contributed by atoms with Gasteiger partial charge in [0, 0.05) is 22.3 Å². The molecule has 0 radical (unpaired) electrons. The molecule has 0 saturated carbocycles. The molecule has 31 heavy (non-hydrogen) atoms. The Balaban J connectivity index is 1.91. The molecule has 0 aliphatic rings. The van der Waals surface area contributed by atoms with Crippen LogP contribution < -0.4 is 5.32 Å². The SMILES string of the molecule is Cc1ccc(F)cc1NC(=O)CN(Cc1ccccc1Cl)S(=O)(=O)c1ccc(Cl)cc1. The van der Waals surface area contributed by atoms with Gasteiger partial charge in [-0.2, -0.15) is 4.31 Å². The van der Waals surface area contributed by atoms with Crippen LogP contribution in [0.5, 0.6) is 0 Å². The number of sulfonamides is 1. The van der Waals surface area contributed by atoms with Gasteiger partial charge in [0.2, 0.25) is 15.9 Å². The molecule has 3 aromatic rings. The Morgan fingerprint density at radius 3 is 2.39 bits per heavy atom. The average molecular weight is 481 g/mol. The molecule has 0 aliphatic heterocycles. The standard InChI is InChI=1S/C22H19Cl2FN2O3S/c1-15-6-9-18(25)12-21(15)26-22(28)14-27(13-16-4-2-3-5-20(16)24)31(29,30)19-10-7-17(23)8-11-19/h2-12H,13-14H2,1H3,(H,26,28). The fourth-order valence-electron chi connectivity index (χ4n) is 2.88. The zero-order chi connectivity index (χ0) is 22.6. The molecule has 0 spiro atoms. The minimum Gasteiger partial charge on any atom is -0.325 e. The van der Waals surface area contributed by atoms with E-state index in [0.29, 0.717) is 21.2 Å². The van der Waals surface area contributed by atoms with Gasteiger partial charge >= 0.3 is 0 Å². The van der Waals surface area contributed by atoms with E-state index >= 15 is 0 Å². The van der Waals surface area contributed by atoms with Crippen LogP contribution >= 0.6 is 23.2 Å². The Morgan fingerprint density at radius 1 is 1.03 bits per heavy atom. The van der Waals surface area contributed by atoms with E-state index in [1.165, 1.54) is 42.5 Å². The van der Waals surface area contributed by atoms with E-state index in [4.69, 9.17) is 23.2 Å². The zero-order valence-electron chi connectivity index (χ0n) is 16.5. The Morgan fingerprint density at radius 2 is 1.71 bits per heavy atom. The second-order valence-corrected chi connectivity index (χ2v) is 9.61. The largest absolute Gasteiger partial charge is 0.325 e. The normalized spacial score (nSPS) is 11.5. The van der Waals surface area contributed by atoms with Crippen molar-refractivity contribution < 1.29 is 17.6 Å². The molecule has 1 N–H and O–H groups in total. The number of halogens is 3. The first kappa shape index (κ1) is 23.2. The molecule has 9 heteroatoms. The van der Waals surface area contributed by atoms with Gasteiger partial charge in [0.15, 0.2) is 0 Å². The fraction of sp³-hybridized carbons (Fsp3) is 0.136. The van der Waals surface area contributed by atoms with Gasteiger partial charge in [-0.25, -0.2) is 12.8 Å². The molecule has 162 valence electrons. The summed E-state index contributed by atoms with van der Waals surface area (Å²) in [5, 5.41) is 3.34. The number of hydrogen-bond donors (Lipinski definition) is 1. The van der Waals surface area contributed by atoms with Gasteiger partial charge in [0.1, 0.15) is 5.82 Å². The molecule has 5 nitrogen and oxygen atoms in total. The van der Waals surface area contributed by atoms with Crippen molar-refractivity contribution in [3.8, 4) is 0 Å². The second-order valence-electron chi connectivity index (χ2n) is 6.83. The number of carbonyl (C=O) groups excluding carboxylic acids is 1. The molecule has 0 unspecified atom stereocenters. The highest BCUT2D eigenvalue weighted by Crippen LogP contribution is 2.24. The number of amides is 1. The lowest BCUT2D eigenvalue weighted by Gasteiger charge is -2.23. The maximum absolute atomic E-state index is 13.6. The predicted molar refractivity (Wildman–Crippen MR) is 120 cm³/mol. The summed E-state index contributed by atoms with van der Waals surface area (Å²) >= 11 is 12.1. The van der Waals surface area contributed by atoms with Crippen molar-refractivity contribution in [2.75, 3.05) is 11.9 Å². The zero-order valence-corrected chi connectivity index (χ0v) is 18.8. The highest BCUT2D eigenvalue weighted by molar-refractivity contribution is 7.89. The number of benzene rings is 3. The summed E-state index contributed by atoms with van der Waals surface area (Å²) in [6.07, 6.45) is 0. The smallest absolute Gasteiger partial charge is 0.243 e. The van der Waals surface area contributed by atoms with Crippen LogP contribution in [-0.2, 0) is 21.4 Å². The number of hydrogen-bond acceptors (Lipinski definition) is 3. The third-order valence-electron chi connectivity index (χ3n) is 4.55. The summed E-state index contributed by atoms with van der Waals surface area (Å²) in [5.74, 6) is -1.12. The number of carbonyl (C=O) groups is 1. The van der Waals surface area contributed by atoms with Gasteiger partial charge < -0.3 is 5.32 Å². The minimum absolute atomic E-state index is 0.0151. The number of aryl methyl sites for hydroxylation is 1. The predicted octanol–water partition coefficient (Wildman–Crippen LogP) is 5.27. The Bertz CT molecular complexity index is 1200. The second kappa shape index (κ2) is 9.78. The maximum Gasteiger partial charge on any atom is 0.243 e. The van der Waals surface area contributed by atoms with Crippen molar-refractivity contribution in [1.82, 2.24) is 4.31 Å². The lowest BCUT2D eigenvalue weighted by molar-refractivity contribution is -0.116. The molecule has 0 atom stereocenters. The molecule has 0 saturated heterocycles. The van der Waals surface area contributed by atoms with Crippen LogP contribution in [0.15, 0.2) is 71.6 Å². The Hall–Kier alpha value is -2.45. The summed E-state index contributed by atoms with van der Waals surface area (Å²) in [6, 6.07) is 16.4. The maximum atomic E-state index is 13.6. The van der Waals surface area contributed by atoms with Crippen LogP contribution in [0.3, 0.4) is 0 Å². The van der Waals surface area contributed by atoms with Crippen molar-refractivity contribution in [1.29, 1.82) is 0 Å². The average Bonchev–Trinajstić information content (AvgIpc) is 2.72. The monoisotopic (exact) mass is 480 g/mol. The van der Waals surface area contributed by atoms with E-state index in [1.807, 2.05) is 0 Å². The fourth-order valence-corrected chi connectivity index (χ4v) is 4.57. The molecular formula is C22H19Cl2FN2O3S. The first-order chi connectivity index (χ1) is 14.7. The van der Waals surface area contributed by atoms with Gasteiger partial charge in [-0.3, -0.25) is 4.79 Å². The molecule has 0 heterocycles. The van der Waals surface area contributed by atoms with Crippen LogP contribution in [0.4, 0.5) is 10.1 Å². The minimum atomic E-state index is -4.06. The van der Waals surface area contributed by atoms with Gasteiger partial charge in [-0.05, 0) is 60.5 Å². The van der Waals surface area contributed by atoms with Gasteiger partial charge in [0.05, 0.1) is 11.4 Å². The summed E-state index contributed by atoms with van der Waals surface area (Å²) in [5.41, 5.74) is 1.45. The van der Waals surface area contributed by atoms with Gasteiger partial charge in [0.25, 0.3) is 0 Å². The molecule has 1 amide bonds. The first-order valence-corrected chi connectivity index (χ1v) is 11.4. The van der Waals surface area contributed by atoms with E-state index in [-0.39, 0.29) is 17.1 Å². The van der Waals surface area contributed by atoms with Crippen molar-refractivity contribution in [3.63, 3.8) is 0 Å². The molecule has 3 rings (SSSR count).